The van der Waals surface area contributed by atoms with Crippen LogP contribution in [-0.2, 0) is 17.8 Å². The third-order valence-corrected chi connectivity index (χ3v) is 3.89. The van der Waals surface area contributed by atoms with E-state index in [9.17, 15) is 0 Å². The topological polar surface area (TPSA) is 48.9 Å². The smallest absolute Gasteiger partial charge is 0.191 e. The van der Waals surface area contributed by atoms with Crippen LogP contribution in [0.3, 0.4) is 0 Å². The maximum Gasteiger partial charge on any atom is 0.191 e. The zero-order valence-corrected chi connectivity index (χ0v) is 18.7. The predicted molar refractivity (Wildman–Crippen MR) is 118 cm³/mol. The van der Waals surface area contributed by atoms with Crippen LogP contribution in [0.2, 0.25) is 0 Å². The van der Waals surface area contributed by atoms with Gasteiger partial charge in [-0.2, -0.15) is 0 Å². The lowest BCUT2D eigenvalue weighted by atomic mass is 10.1. The molecule has 1 aromatic carbocycles. The SMILES string of the molecule is CCNC(=NCc1ccc(CN(CC)CC)cc1)NC(C)COC.I. The maximum atomic E-state index is 5.16. The second-order valence-corrected chi connectivity index (χ2v) is 5.97. The van der Waals surface area contributed by atoms with Crippen molar-refractivity contribution in [3.05, 3.63) is 35.4 Å². The van der Waals surface area contributed by atoms with Gasteiger partial charge in [0, 0.05) is 26.2 Å². The number of hydrogen-bond acceptors (Lipinski definition) is 3. The first-order valence-corrected chi connectivity index (χ1v) is 8.96. The average molecular weight is 462 g/mol. The molecule has 0 heterocycles. The molecule has 0 fully saturated rings. The van der Waals surface area contributed by atoms with Gasteiger partial charge in [-0.15, -0.1) is 24.0 Å². The van der Waals surface area contributed by atoms with Gasteiger partial charge in [0.05, 0.1) is 13.2 Å². The summed E-state index contributed by atoms with van der Waals surface area (Å²) < 4.78 is 5.16. The molecule has 0 aliphatic carbocycles. The molecule has 1 aromatic rings. The summed E-state index contributed by atoms with van der Waals surface area (Å²) in [6, 6.07) is 8.98. The second-order valence-electron chi connectivity index (χ2n) is 5.97. The highest BCUT2D eigenvalue weighted by molar-refractivity contribution is 14.0. The highest BCUT2D eigenvalue weighted by atomic mass is 127. The number of rotatable bonds is 10. The Morgan fingerprint density at radius 1 is 1.12 bits per heavy atom. The maximum absolute atomic E-state index is 5.16. The van der Waals surface area contributed by atoms with Crippen molar-refractivity contribution in [2.24, 2.45) is 4.99 Å². The molecule has 0 saturated heterocycles. The van der Waals surface area contributed by atoms with Crippen LogP contribution in [0.25, 0.3) is 0 Å². The van der Waals surface area contributed by atoms with Gasteiger partial charge in [-0.1, -0.05) is 38.1 Å². The Kier molecular flexibility index (Phi) is 13.8. The summed E-state index contributed by atoms with van der Waals surface area (Å²) >= 11 is 0. The molecule has 144 valence electrons. The van der Waals surface area contributed by atoms with Crippen molar-refractivity contribution < 1.29 is 4.74 Å². The van der Waals surface area contributed by atoms with Crippen LogP contribution < -0.4 is 10.6 Å². The van der Waals surface area contributed by atoms with Gasteiger partial charge in [-0.05, 0) is 38.1 Å². The van der Waals surface area contributed by atoms with Crippen LogP contribution in [0, 0.1) is 0 Å². The van der Waals surface area contributed by atoms with Crippen molar-refractivity contribution in [3.8, 4) is 0 Å². The van der Waals surface area contributed by atoms with Crippen LogP contribution in [0.1, 0.15) is 38.8 Å². The largest absolute Gasteiger partial charge is 0.383 e. The van der Waals surface area contributed by atoms with Crippen LogP contribution in [-0.4, -0.2) is 50.3 Å². The summed E-state index contributed by atoms with van der Waals surface area (Å²) in [5, 5.41) is 6.62. The van der Waals surface area contributed by atoms with E-state index >= 15 is 0 Å². The summed E-state index contributed by atoms with van der Waals surface area (Å²) in [7, 11) is 1.71. The zero-order valence-electron chi connectivity index (χ0n) is 16.3. The Hall–Kier alpha value is -0.860. The third kappa shape index (κ3) is 10.0. The summed E-state index contributed by atoms with van der Waals surface area (Å²) in [5.74, 6) is 0.828. The lowest BCUT2D eigenvalue weighted by molar-refractivity contribution is 0.179. The van der Waals surface area contributed by atoms with Crippen LogP contribution >= 0.6 is 24.0 Å². The van der Waals surface area contributed by atoms with E-state index in [0.717, 1.165) is 32.1 Å². The number of halogens is 1. The molecule has 0 aromatic heterocycles. The Labute approximate surface area is 170 Å². The molecule has 2 N–H and O–H groups in total. The summed E-state index contributed by atoms with van der Waals surface area (Å²) in [5.41, 5.74) is 2.57. The molecule has 0 spiro atoms. The molecule has 0 radical (unpaired) electrons. The van der Waals surface area contributed by atoms with Crippen LogP contribution in [0.15, 0.2) is 29.3 Å². The molecular formula is C19H35IN4O. The number of benzene rings is 1. The molecule has 0 amide bonds. The minimum Gasteiger partial charge on any atom is -0.383 e. The van der Waals surface area contributed by atoms with Gasteiger partial charge in [0.2, 0.25) is 0 Å². The predicted octanol–water partition coefficient (Wildman–Crippen LogP) is 3.24. The van der Waals surface area contributed by atoms with Gasteiger partial charge < -0.3 is 15.4 Å². The first-order valence-electron chi connectivity index (χ1n) is 8.96. The van der Waals surface area contributed by atoms with E-state index in [1.165, 1.54) is 11.1 Å². The first kappa shape index (κ1) is 24.1. The van der Waals surface area contributed by atoms with Gasteiger partial charge in [-0.25, -0.2) is 4.99 Å². The highest BCUT2D eigenvalue weighted by Gasteiger charge is 2.05. The first-order chi connectivity index (χ1) is 11.6. The van der Waals surface area contributed by atoms with Gasteiger partial charge >= 0.3 is 0 Å². The van der Waals surface area contributed by atoms with Crippen molar-refractivity contribution in [1.82, 2.24) is 15.5 Å². The van der Waals surface area contributed by atoms with E-state index in [0.29, 0.717) is 13.2 Å². The summed E-state index contributed by atoms with van der Waals surface area (Å²) in [4.78, 5) is 7.07. The molecular weight excluding hydrogens is 427 g/mol. The van der Waals surface area contributed by atoms with E-state index in [-0.39, 0.29) is 30.0 Å². The third-order valence-electron chi connectivity index (χ3n) is 3.89. The minimum atomic E-state index is 0. The van der Waals surface area contributed by atoms with Crippen molar-refractivity contribution >= 4 is 29.9 Å². The molecule has 0 aliphatic rings. The molecule has 0 saturated carbocycles. The quantitative estimate of drug-likeness (QED) is 0.319. The number of aliphatic imine (C=N–C) groups is 1. The lowest BCUT2D eigenvalue weighted by Gasteiger charge is -2.18. The number of nitrogens with one attached hydrogen (secondary N) is 2. The van der Waals surface area contributed by atoms with Gasteiger partial charge in [-0.3, -0.25) is 4.90 Å². The molecule has 1 rings (SSSR count). The molecule has 1 atom stereocenters. The van der Waals surface area contributed by atoms with Gasteiger partial charge in [0.15, 0.2) is 5.96 Å². The Morgan fingerprint density at radius 2 is 1.72 bits per heavy atom. The molecule has 6 heteroatoms. The monoisotopic (exact) mass is 462 g/mol. The number of hydrogen-bond donors (Lipinski definition) is 2. The number of guanidine groups is 1. The van der Waals surface area contributed by atoms with Crippen LogP contribution in [0.5, 0.6) is 0 Å². The highest BCUT2D eigenvalue weighted by Crippen LogP contribution is 2.08. The van der Waals surface area contributed by atoms with E-state index in [4.69, 9.17) is 4.74 Å². The summed E-state index contributed by atoms with van der Waals surface area (Å²) in [6.07, 6.45) is 0. The lowest BCUT2D eigenvalue weighted by Crippen LogP contribution is -2.43. The Bertz CT molecular complexity index is 475. The van der Waals surface area contributed by atoms with E-state index in [1.807, 2.05) is 0 Å². The number of methoxy groups -OCH3 is 1. The van der Waals surface area contributed by atoms with E-state index in [2.05, 4.69) is 72.5 Å². The van der Waals surface area contributed by atoms with Crippen molar-refractivity contribution in [3.63, 3.8) is 0 Å². The van der Waals surface area contributed by atoms with Gasteiger partial charge in [0.1, 0.15) is 0 Å². The molecule has 25 heavy (non-hydrogen) atoms. The van der Waals surface area contributed by atoms with Crippen molar-refractivity contribution in [2.45, 2.75) is 46.8 Å². The van der Waals surface area contributed by atoms with Gasteiger partial charge in [0.25, 0.3) is 0 Å². The molecule has 0 aliphatic heterocycles. The molecule has 0 bridgehead atoms. The average Bonchev–Trinajstić information content (AvgIpc) is 2.59. The van der Waals surface area contributed by atoms with E-state index < -0.39 is 0 Å². The number of nitrogens with zero attached hydrogens (tertiary/aromatic N) is 2. The van der Waals surface area contributed by atoms with Crippen molar-refractivity contribution in [1.29, 1.82) is 0 Å². The Morgan fingerprint density at radius 3 is 2.24 bits per heavy atom. The fraction of sp³-hybridized carbons (Fsp3) is 0.632. The normalized spacial score (nSPS) is 12.6. The fourth-order valence-electron chi connectivity index (χ4n) is 2.47. The zero-order chi connectivity index (χ0) is 17.8. The number of ether oxygens (including phenoxy) is 1. The van der Waals surface area contributed by atoms with Crippen LogP contribution in [0.4, 0.5) is 0 Å². The molecule has 5 nitrogen and oxygen atoms in total. The fourth-order valence-corrected chi connectivity index (χ4v) is 2.47. The summed E-state index contributed by atoms with van der Waals surface area (Å²) in [6.45, 7) is 13.9. The second kappa shape index (κ2) is 14.3. The van der Waals surface area contributed by atoms with E-state index in [1.54, 1.807) is 7.11 Å². The molecule has 1 unspecified atom stereocenters. The van der Waals surface area contributed by atoms with Crippen molar-refractivity contribution in [2.75, 3.05) is 33.4 Å². The standard InChI is InChI=1S/C19H34N4O.HI/c1-6-20-19(22-16(4)15-24-5)21-13-17-9-11-18(12-10-17)14-23(7-2)8-3;/h9-12,16H,6-8,13-15H2,1-5H3,(H2,20,21,22);1H. The Balaban J connectivity index is 0.00000576. The minimum absolute atomic E-state index is 0.